The van der Waals surface area contributed by atoms with Gasteiger partial charge in [0.15, 0.2) is 0 Å². The minimum Gasteiger partial charge on any atom is -0.480 e. The molecule has 0 bridgehead atoms. The first-order valence-electron chi connectivity index (χ1n) is 5.39. The van der Waals surface area contributed by atoms with E-state index in [0.717, 1.165) is 24.5 Å². The Morgan fingerprint density at radius 3 is 2.94 bits per heavy atom. The molecule has 0 spiro atoms. The van der Waals surface area contributed by atoms with E-state index in [1.165, 1.54) is 11.5 Å². The van der Waals surface area contributed by atoms with Crippen LogP contribution >= 0.6 is 11.5 Å². The van der Waals surface area contributed by atoms with E-state index in [1.807, 2.05) is 18.7 Å². The van der Waals surface area contributed by atoms with Crippen LogP contribution < -0.4 is 4.90 Å². The summed E-state index contributed by atoms with van der Waals surface area (Å²) in [5.41, 5.74) is 0. The molecule has 0 saturated carbocycles. The molecule has 0 aliphatic carbocycles. The summed E-state index contributed by atoms with van der Waals surface area (Å²) in [6.45, 7) is 4.57. The molecule has 6 heteroatoms. The molecule has 0 radical (unpaired) electrons. The van der Waals surface area contributed by atoms with Gasteiger partial charge in [-0.2, -0.15) is 4.37 Å². The first-order chi connectivity index (χ1) is 7.59. The smallest absolute Gasteiger partial charge is 0.326 e. The van der Waals surface area contributed by atoms with Gasteiger partial charge in [0.2, 0.25) is 5.13 Å². The van der Waals surface area contributed by atoms with Gasteiger partial charge in [-0.15, -0.1) is 0 Å². The first kappa shape index (κ1) is 11.3. The number of nitrogens with zero attached hydrogens (tertiary/aromatic N) is 3. The number of rotatable bonds is 2. The number of carboxylic acids is 1. The molecule has 1 aliphatic heterocycles. The van der Waals surface area contributed by atoms with E-state index in [9.17, 15) is 9.90 Å². The van der Waals surface area contributed by atoms with Crippen LogP contribution in [0.15, 0.2) is 0 Å². The highest BCUT2D eigenvalue weighted by atomic mass is 32.1. The van der Waals surface area contributed by atoms with Crippen LogP contribution in [0.25, 0.3) is 0 Å². The Morgan fingerprint density at radius 2 is 2.38 bits per heavy atom. The topological polar surface area (TPSA) is 66.3 Å². The molecule has 1 aliphatic rings. The van der Waals surface area contributed by atoms with Crippen LogP contribution in [0.1, 0.15) is 25.6 Å². The van der Waals surface area contributed by atoms with Gasteiger partial charge in [0.05, 0.1) is 0 Å². The lowest BCUT2D eigenvalue weighted by atomic mass is 9.91. The summed E-state index contributed by atoms with van der Waals surface area (Å²) in [7, 11) is 0. The van der Waals surface area contributed by atoms with Gasteiger partial charge in [0.1, 0.15) is 11.9 Å². The van der Waals surface area contributed by atoms with Crippen LogP contribution in [-0.4, -0.2) is 33.0 Å². The van der Waals surface area contributed by atoms with Gasteiger partial charge in [-0.25, -0.2) is 9.78 Å². The van der Waals surface area contributed by atoms with Crippen molar-refractivity contribution in [1.82, 2.24) is 9.36 Å². The summed E-state index contributed by atoms with van der Waals surface area (Å²) in [6, 6.07) is -0.457. The van der Waals surface area contributed by atoms with Gasteiger partial charge in [-0.1, -0.05) is 6.92 Å². The van der Waals surface area contributed by atoms with Crippen molar-refractivity contribution in [2.75, 3.05) is 11.4 Å². The highest BCUT2D eigenvalue weighted by molar-refractivity contribution is 7.09. The molecule has 2 rings (SSSR count). The lowest BCUT2D eigenvalue weighted by Crippen LogP contribution is -2.49. The Morgan fingerprint density at radius 1 is 1.62 bits per heavy atom. The van der Waals surface area contributed by atoms with Gasteiger partial charge in [-0.3, -0.25) is 0 Å². The summed E-state index contributed by atoms with van der Waals surface area (Å²) in [4.78, 5) is 17.4. The number of aliphatic carboxylic acids is 1. The highest BCUT2D eigenvalue weighted by Gasteiger charge is 2.35. The molecule has 1 fully saturated rings. The van der Waals surface area contributed by atoms with Crippen molar-refractivity contribution >= 4 is 22.6 Å². The zero-order chi connectivity index (χ0) is 11.7. The standard InChI is InChI=1S/C10H15N3O2S/c1-6-4-3-5-13(8(6)9(14)15)10-11-7(2)12-16-10/h6,8H,3-5H2,1-2H3,(H,14,15). The largest absolute Gasteiger partial charge is 0.480 e. The van der Waals surface area contributed by atoms with Crippen LogP contribution in [-0.2, 0) is 4.79 Å². The molecule has 1 saturated heterocycles. The molecule has 0 aromatic carbocycles. The zero-order valence-corrected chi connectivity index (χ0v) is 10.2. The summed E-state index contributed by atoms with van der Waals surface area (Å²) >= 11 is 1.28. The van der Waals surface area contributed by atoms with Crippen molar-refractivity contribution in [2.24, 2.45) is 5.92 Å². The third-order valence-corrected chi connectivity index (χ3v) is 3.79. The molecule has 2 heterocycles. The fourth-order valence-electron chi connectivity index (χ4n) is 2.18. The number of piperidine rings is 1. The monoisotopic (exact) mass is 241 g/mol. The third kappa shape index (κ3) is 2.02. The van der Waals surface area contributed by atoms with Crippen LogP contribution in [0.2, 0.25) is 0 Å². The number of aromatic nitrogens is 2. The molecule has 2 unspecified atom stereocenters. The van der Waals surface area contributed by atoms with E-state index in [4.69, 9.17) is 0 Å². The number of carboxylic acid groups (broad SMARTS) is 1. The lowest BCUT2D eigenvalue weighted by molar-refractivity contribution is -0.140. The fraction of sp³-hybridized carbons (Fsp3) is 0.700. The van der Waals surface area contributed by atoms with E-state index in [-0.39, 0.29) is 5.92 Å². The minimum absolute atomic E-state index is 0.162. The molecule has 16 heavy (non-hydrogen) atoms. The molecule has 1 aromatic heterocycles. The molecular weight excluding hydrogens is 226 g/mol. The second kappa shape index (κ2) is 4.37. The molecule has 5 nitrogen and oxygen atoms in total. The maximum absolute atomic E-state index is 11.3. The summed E-state index contributed by atoms with van der Waals surface area (Å²) in [5.74, 6) is 0.109. The predicted octanol–water partition coefficient (Wildman–Crippen LogP) is 1.54. The molecule has 1 N–H and O–H groups in total. The normalized spacial score (nSPS) is 25.8. The Kier molecular flexibility index (Phi) is 3.09. The Bertz CT molecular complexity index is 393. The number of carbonyl (C=O) groups is 1. The average Bonchev–Trinajstić information content (AvgIpc) is 2.63. The predicted molar refractivity (Wildman–Crippen MR) is 61.8 cm³/mol. The molecule has 88 valence electrons. The lowest BCUT2D eigenvalue weighted by Gasteiger charge is -2.36. The first-order valence-corrected chi connectivity index (χ1v) is 6.16. The fourth-order valence-corrected chi connectivity index (χ4v) is 2.92. The van der Waals surface area contributed by atoms with Crippen LogP contribution in [0, 0.1) is 12.8 Å². The van der Waals surface area contributed by atoms with Crippen molar-refractivity contribution in [3.63, 3.8) is 0 Å². The van der Waals surface area contributed by atoms with E-state index >= 15 is 0 Å². The highest BCUT2D eigenvalue weighted by Crippen LogP contribution is 2.29. The SMILES string of the molecule is Cc1nsc(N2CCCC(C)C2C(=O)O)n1. The summed E-state index contributed by atoms with van der Waals surface area (Å²) < 4.78 is 4.11. The zero-order valence-electron chi connectivity index (χ0n) is 9.38. The number of hydrogen-bond donors (Lipinski definition) is 1. The van der Waals surface area contributed by atoms with Crippen molar-refractivity contribution in [1.29, 1.82) is 0 Å². The second-order valence-electron chi connectivity index (χ2n) is 4.22. The molecule has 1 aromatic rings. The van der Waals surface area contributed by atoms with E-state index in [0.29, 0.717) is 5.82 Å². The Hall–Kier alpha value is -1.17. The third-order valence-electron chi connectivity index (χ3n) is 2.95. The van der Waals surface area contributed by atoms with Crippen LogP contribution in [0.3, 0.4) is 0 Å². The molecular formula is C10H15N3O2S. The summed E-state index contributed by atoms with van der Waals surface area (Å²) in [6.07, 6.45) is 1.98. The van der Waals surface area contributed by atoms with Gasteiger partial charge < -0.3 is 10.0 Å². The maximum Gasteiger partial charge on any atom is 0.326 e. The van der Waals surface area contributed by atoms with Crippen molar-refractivity contribution in [3.05, 3.63) is 5.82 Å². The quantitative estimate of drug-likeness (QED) is 0.850. The van der Waals surface area contributed by atoms with Crippen LogP contribution in [0.5, 0.6) is 0 Å². The van der Waals surface area contributed by atoms with E-state index in [1.54, 1.807) is 0 Å². The van der Waals surface area contributed by atoms with Crippen molar-refractivity contribution in [3.8, 4) is 0 Å². The van der Waals surface area contributed by atoms with Crippen molar-refractivity contribution in [2.45, 2.75) is 32.7 Å². The van der Waals surface area contributed by atoms with Gasteiger partial charge in [0, 0.05) is 18.1 Å². The number of hydrogen-bond acceptors (Lipinski definition) is 5. The maximum atomic E-state index is 11.3. The van der Waals surface area contributed by atoms with Crippen molar-refractivity contribution < 1.29 is 9.90 Å². The average molecular weight is 241 g/mol. The Labute approximate surface area is 98.3 Å². The van der Waals surface area contributed by atoms with Gasteiger partial charge in [0.25, 0.3) is 0 Å². The van der Waals surface area contributed by atoms with Gasteiger partial charge in [-0.05, 0) is 25.7 Å². The Balaban J connectivity index is 2.27. The molecule has 2 atom stereocenters. The minimum atomic E-state index is -0.764. The molecule has 0 amide bonds. The second-order valence-corrected chi connectivity index (χ2v) is 4.95. The number of anilines is 1. The summed E-state index contributed by atoms with van der Waals surface area (Å²) in [5, 5.41) is 9.99. The van der Waals surface area contributed by atoms with E-state index < -0.39 is 12.0 Å². The van der Waals surface area contributed by atoms with Gasteiger partial charge >= 0.3 is 5.97 Å². The number of aryl methyl sites for hydroxylation is 1. The van der Waals surface area contributed by atoms with E-state index in [2.05, 4.69) is 9.36 Å². The van der Waals surface area contributed by atoms with Crippen LogP contribution in [0.4, 0.5) is 5.13 Å².